The van der Waals surface area contributed by atoms with Crippen molar-refractivity contribution in [2.24, 2.45) is 0 Å². The number of hydrazine groups is 1. The minimum atomic E-state index is -0.625. The van der Waals surface area contributed by atoms with E-state index in [2.05, 4.69) is 10.9 Å². The van der Waals surface area contributed by atoms with E-state index in [9.17, 15) is 9.59 Å². The van der Waals surface area contributed by atoms with E-state index >= 15 is 0 Å². The van der Waals surface area contributed by atoms with Gasteiger partial charge >= 0.3 is 5.91 Å². The first-order valence-corrected chi connectivity index (χ1v) is 9.18. The zero-order chi connectivity index (χ0) is 21.5. The van der Waals surface area contributed by atoms with Crippen LogP contribution in [0.15, 0.2) is 59.0 Å². The van der Waals surface area contributed by atoms with E-state index in [1.165, 1.54) is 25.3 Å². The number of nitrogens with one attached hydrogen (secondary N) is 2. The highest BCUT2D eigenvalue weighted by atomic mass is 35.5. The molecular weight excluding hydrogens is 412 g/mol. The minimum absolute atomic E-state index is 0.0111. The summed E-state index contributed by atoms with van der Waals surface area (Å²) in [6.07, 6.45) is 0. The van der Waals surface area contributed by atoms with Crippen molar-refractivity contribution in [3.8, 4) is 17.2 Å². The Labute approximate surface area is 177 Å². The molecule has 8 nitrogen and oxygen atoms in total. The predicted molar refractivity (Wildman–Crippen MR) is 109 cm³/mol. The molecule has 2 amide bonds. The molecule has 0 saturated heterocycles. The lowest BCUT2D eigenvalue weighted by atomic mass is 10.2. The minimum Gasteiger partial charge on any atom is -0.496 e. The molecule has 0 spiro atoms. The van der Waals surface area contributed by atoms with Crippen LogP contribution in [0.1, 0.15) is 26.7 Å². The number of hydrogen-bond donors (Lipinski definition) is 2. The maximum absolute atomic E-state index is 12.3. The summed E-state index contributed by atoms with van der Waals surface area (Å²) < 4.78 is 21.5. The number of rotatable bonds is 7. The van der Waals surface area contributed by atoms with Crippen LogP contribution in [0, 0.1) is 0 Å². The molecule has 0 saturated carbocycles. The largest absolute Gasteiger partial charge is 0.496 e. The van der Waals surface area contributed by atoms with Crippen molar-refractivity contribution < 1.29 is 28.2 Å². The van der Waals surface area contributed by atoms with Crippen LogP contribution in [0.2, 0.25) is 5.02 Å². The molecule has 156 valence electrons. The summed E-state index contributed by atoms with van der Waals surface area (Å²) >= 11 is 5.88. The van der Waals surface area contributed by atoms with Gasteiger partial charge in [-0.1, -0.05) is 23.7 Å². The Morgan fingerprint density at radius 2 is 1.60 bits per heavy atom. The third kappa shape index (κ3) is 5.03. The van der Waals surface area contributed by atoms with Crippen molar-refractivity contribution in [2.45, 2.75) is 6.61 Å². The molecule has 0 aliphatic heterocycles. The summed E-state index contributed by atoms with van der Waals surface area (Å²) in [5.41, 5.74) is 4.81. The van der Waals surface area contributed by atoms with Crippen molar-refractivity contribution in [1.82, 2.24) is 10.9 Å². The van der Waals surface area contributed by atoms with Crippen molar-refractivity contribution in [3.63, 3.8) is 0 Å². The highest BCUT2D eigenvalue weighted by Crippen LogP contribution is 2.27. The van der Waals surface area contributed by atoms with E-state index in [0.717, 1.165) is 0 Å². The quantitative estimate of drug-likeness (QED) is 0.555. The van der Waals surface area contributed by atoms with Gasteiger partial charge < -0.3 is 18.6 Å². The van der Waals surface area contributed by atoms with Crippen LogP contribution in [0.5, 0.6) is 17.2 Å². The fourth-order valence-corrected chi connectivity index (χ4v) is 2.72. The summed E-state index contributed by atoms with van der Waals surface area (Å²) in [6, 6.07) is 14.8. The van der Waals surface area contributed by atoms with E-state index < -0.39 is 11.8 Å². The van der Waals surface area contributed by atoms with E-state index in [1.54, 1.807) is 31.4 Å². The van der Waals surface area contributed by atoms with E-state index in [1.807, 2.05) is 12.1 Å². The zero-order valence-electron chi connectivity index (χ0n) is 16.2. The smallest absolute Gasteiger partial charge is 0.305 e. The van der Waals surface area contributed by atoms with Crippen LogP contribution in [0.25, 0.3) is 0 Å². The van der Waals surface area contributed by atoms with Gasteiger partial charge in [-0.2, -0.15) is 0 Å². The molecule has 9 heteroatoms. The number of hydrogen-bond acceptors (Lipinski definition) is 6. The molecule has 1 aromatic heterocycles. The lowest BCUT2D eigenvalue weighted by molar-refractivity contribution is 0.0827. The number of methoxy groups -OCH3 is 2. The number of halogens is 1. The second-order valence-corrected chi connectivity index (χ2v) is 6.39. The van der Waals surface area contributed by atoms with Gasteiger partial charge in [0.25, 0.3) is 5.91 Å². The second kappa shape index (κ2) is 9.71. The van der Waals surface area contributed by atoms with Crippen LogP contribution >= 0.6 is 11.6 Å². The summed E-state index contributed by atoms with van der Waals surface area (Å²) in [5, 5.41) is 0.422. The average Bonchev–Trinajstić information content (AvgIpc) is 3.25. The van der Waals surface area contributed by atoms with Gasteiger partial charge in [0.2, 0.25) is 0 Å². The molecule has 0 bridgehead atoms. The van der Waals surface area contributed by atoms with Gasteiger partial charge in [0, 0.05) is 5.02 Å². The average molecular weight is 431 g/mol. The van der Waals surface area contributed by atoms with Crippen molar-refractivity contribution >= 4 is 23.4 Å². The summed E-state index contributed by atoms with van der Waals surface area (Å²) in [6.45, 7) is 0.0992. The number of furan rings is 1. The fourth-order valence-electron chi connectivity index (χ4n) is 2.56. The monoisotopic (exact) mass is 430 g/mol. The van der Waals surface area contributed by atoms with Gasteiger partial charge in [0.05, 0.1) is 19.8 Å². The van der Waals surface area contributed by atoms with Crippen molar-refractivity contribution in [2.75, 3.05) is 14.2 Å². The molecule has 0 atom stereocenters. The number of benzene rings is 2. The lowest BCUT2D eigenvalue weighted by Gasteiger charge is -2.10. The SMILES string of the molecule is COc1ccccc1OCc1ccc(C(=O)NNC(=O)c2ccc(Cl)cc2OC)o1. The maximum atomic E-state index is 12.3. The normalized spacial score (nSPS) is 10.2. The first-order valence-electron chi connectivity index (χ1n) is 8.80. The third-order valence-corrected chi connectivity index (χ3v) is 4.26. The molecular formula is C21H19ClN2O6. The van der Waals surface area contributed by atoms with E-state index in [-0.39, 0.29) is 23.7 Å². The second-order valence-electron chi connectivity index (χ2n) is 5.96. The number of ether oxygens (including phenoxy) is 3. The third-order valence-electron chi connectivity index (χ3n) is 4.02. The highest BCUT2D eigenvalue weighted by molar-refractivity contribution is 6.30. The van der Waals surface area contributed by atoms with Crippen LogP contribution in [0.3, 0.4) is 0 Å². The van der Waals surface area contributed by atoms with Crippen molar-refractivity contribution in [3.05, 3.63) is 76.7 Å². The number of carbonyl (C=O) groups excluding carboxylic acids is 2. The number of carbonyl (C=O) groups is 2. The molecule has 0 radical (unpaired) electrons. The molecule has 0 fully saturated rings. The fraction of sp³-hybridized carbons (Fsp3) is 0.143. The lowest BCUT2D eigenvalue weighted by Crippen LogP contribution is -2.41. The Hall–Kier alpha value is -3.65. The van der Waals surface area contributed by atoms with Gasteiger partial charge in [0.15, 0.2) is 17.3 Å². The first kappa shape index (κ1) is 21.1. The predicted octanol–water partition coefficient (Wildman–Crippen LogP) is 3.60. The molecule has 2 aromatic carbocycles. The highest BCUT2D eigenvalue weighted by Gasteiger charge is 2.16. The van der Waals surface area contributed by atoms with Gasteiger partial charge in [-0.25, -0.2) is 0 Å². The Kier molecular flexibility index (Phi) is 6.82. The topological polar surface area (TPSA) is 99.0 Å². The standard InChI is InChI=1S/C21H19ClN2O6/c1-27-16-5-3-4-6-17(16)29-12-14-8-10-18(30-14)21(26)24-23-20(25)15-9-7-13(22)11-19(15)28-2/h3-11H,12H2,1-2H3,(H,23,25)(H,24,26). The summed E-state index contributed by atoms with van der Waals surface area (Å²) in [7, 11) is 2.96. The van der Waals surface area contributed by atoms with Gasteiger partial charge in [-0.05, 0) is 42.5 Å². The van der Waals surface area contributed by atoms with Gasteiger partial charge in [0.1, 0.15) is 18.1 Å². The number of para-hydroxylation sites is 2. The summed E-state index contributed by atoms with van der Waals surface area (Å²) in [4.78, 5) is 24.5. The van der Waals surface area contributed by atoms with E-state index in [0.29, 0.717) is 22.3 Å². The van der Waals surface area contributed by atoms with Crippen molar-refractivity contribution in [1.29, 1.82) is 0 Å². The first-order chi connectivity index (χ1) is 14.5. The van der Waals surface area contributed by atoms with Gasteiger partial charge in [-0.3, -0.25) is 20.4 Å². The zero-order valence-corrected chi connectivity index (χ0v) is 17.0. The molecule has 1 heterocycles. The molecule has 0 aliphatic rings. The van der Waals surface area contributed by atoms with Gasteiger partial charge in [-0.15, -0.1) is 0 Å². The van der Waals surface area contributed by atoms with Crippen LogP contribution in [0.4, 0.5) is 0 Å². The summed E-state index contributed by atoms with van der Waals surface area (Å²) in [5.74, 6) is 0.661. The molecule has 30 heavy (non-hydrogen) atoms. The molecule has 0 aliphatic carbocycles. The Balaban J connectivity index is 1.57. The van der Waals surface area contributed by atoms with Crippen LogP contribution < -0.4 is 25.1 Å². The number of amides is 2. The molecule has 3 rings (SSSR count). The molecule has 3 aromatic rings. The Morgan fingerprint density at radius 1 is 0.900 bits per heavy atom. The Morgan fingerprint density at radius 3 is 2.33 bits per heavy atom. The Bertz CT molecular complexity index is 1050. The molecule has 2 N–H and O–H groups in total. The van der Waals surface area contributed by atoms with Crippen LogP contribution in [-0.2, 0) is 6.61 Å². The van der Waals surface area contributed by atoms with Crippen LogP contribution in [-0.4, -0.2) is 26.0 Å². The molecule has 0 unspecified atom stereocenters. The maximum Gasteiger partial charge on any atom is 0.305 e. The van der Waals surface area contributed by atoms with E-state index in [4.69, 9.17) is 30.2 Å².